The number of sulfonamides is 1. The van der Waals surface area contributed by atoms with Crippen LogP contribution in [0.2, 0.25) is 0 Å². The van der Waals surface area contributed by atoms with Crippen LogP contribution in [0.3, 0.4) is 0 Å². The number of amides is 1. The average Bonchev–Trinajstić information content (AvgIpc) is 3.27. The Morgan fingerprint density at radius 3 is 2.22 bits per heavy atom. The Morgan fingerprint density at radius 2 is 1.78 bits per heavy atom. The fourth-order valence-corrected chi connectivity index (χ4v) is 3.52. The van der Waals surface area contributed by atoms with Crippen molar-refractivity contribution < 1.29 is 13.2 Å². The number of carbonyl (C=O) groups is 1. The third-order valence-corrected chi connectivity index (χ3v) is 5.54. The van der Waals surface area contributed by atoms with Gasteiger partial charge in [-0.15, -0.1) is 0 Å². The molecule has 0 radical (unpaired) electrons. The Labute approximate surface area is 139 Å². The van der Waals surface area contributed by atoms with Crippen LogP contribution in [0.15, 0.2) is 29.2 Å². The number of hydrogen-bond donors (Lipinski definition) is 1. The Kier molecular flexibility index (Phi) is 5.16. The van der Waals surface area contributed by atoms with Crippen LogP contribution in [0.5, 0.6) is 0 Å². The second-order valence-corrected chi connectivity index (χ2v) is 8.88. The summed E-state index contributed by atoms with van der Waals surface area (Å²) < 4.78 is 27.2. The first-order chi connectivity index (χ1) is 10.6. The third kappa shape index (κ3) is 4.78. The summed E-state index contributed by atoms with van der Waals surface area (Å²) >= 11 is 0. The molecule has 0 bridgehead atoms. The largest absolute Gasteiger partial charge is 0.339 e. The van der Waals surface area contributed by atoms with Crippen LogP contribution in [0.4, 0.5) is 0 Å². The number of benzene rings is 1. The Balaban J connectivity index is 1.97. The second-order valence-electron chi connectivity index (χ2n) is 7.12. The second kappa shape index (κ2) is 6.61. The third-order valence-electron chi connectivity index (χ3n) is 4.07. The van der Waals surface area contributed by atoms with Gasteiger partial charge in [-0.25, -0.2) is 13.1 Å². The maximum Gasteiger partial charge on any atom is 0.240 e. The van der Waals surface area contributed by atoms with Gasteiger partial charge in [-0.2, -0.15) is 0 Å². The molecule has 1 aromatic carbocycles. The summed E-state index contributed by atoms with van der Waals surface area (Å²) in [4.78, 5) is 13.5. The van der Waals surface area contributed by atoms with Gasteiger partial charge >= 0.3 is 0 Å². The summed E-state index contributed by atoms with van der Waals surface area (Å²) in [6.45, 7) is 8.44. The molecule has 1 aromatic rings. The number of rotatable bonds is 6. The minimum Gasteiger partial charge on any atom is -0.339 e. The van der Waals surface area contributed by atoms with E-state index >= 15 is 0 Å². The van der Waals surface area contributed by atoms with Gasteiger partial charge in [0.05, 0.1) is 4.90 Å². The Bertz CT molecular complexity index is 656. The van der Waals surface area contributed by atoms with Crippen molar-refractivity contribution in [1.82, 2.24) is 9.62 Å². The van der Waals surface area contributed by atoms with E-state index in [0.29, 0.717) is 12.6 Å². The van der Waals surface area contributed by atoms with Crippen LogP contribution in [0, 0.1) is 0 Å². The average molecular weight is 338 g/mol. The fourth-order valence-electron chi connectivity index (χ4n) is 2.50. The fraction of sp³-hybridized carbons (Fsp3) is 0.588. The van der Waals surface area contributed by atoms with Crippen LogP contribution in [0.1, 0.15) is 46.1 Å². The van der Waals surface area contributed by atoms with E-state index in [1.807, 2.05) is 12.1 Å². The molecule has 1 amide bonds. The van der Waals surface area contributed by atoms with Crippen molar-refractivity contribution >= 4 is 15.9 Å². The number of nitrogens with zero attached hydrogens (tertiary/aromatic N) is 1. The van der Waals surface area contributed by atoms with Crippen LogP contribution < -0.4 is 4.72 Å². The highest BCUT2D eigenvalue weighted by Crippen LogP contribution is 2.26. The van der Waals surface area contributed by atoms with Gasteiger partial charge in [0.15, 0.2) is 0 Å². The molecule has 1 saturated carbocycles. The van der Waals surface area contributed by atoms with Crippen LogP contribution in [0.25, 0.3) is 0 Å². The van der Waals surface area contributed by atoms with E-state index in [0.717, 1.165) is 18.4 Å². The van der Waals surface area contributed by atoms with Gasteiger partial charge in [-0.05, 0) is 36.0 Å². The Morgan fingerprint density at radius 1 is 1.22 bits per heavy atom. The van der Waals surface area contributed by atoms with Crippen molar-refractivity contribution in [3.05, 3.63) is 29.8 Å². The first-order valence-corrected chi connectivity index (χ1v) is 9.47. The molecule has 1 N–H and O–H groups in total. The molecular weight excluding hydrogens is 312 g/mol. The quantitative estimate of drug-likeness (QED) is 0.865. The molecule has 1 aliphatic carbocycles. The minimum absolute atomic E-state index is 0.00114. The summed E-state index contributed by atoms with van der Waals surface area (Å²) in [5, 5.41) is 0. The smallest absolute Gasteiger partial charge is 0.240 e. The zero-order valence-corrected chi connectivity index (χ0v) is 15.1. The predicted molar refractivity (Wildman–Crippen MR) is 90.7 cm³/mol. The lowest BCUT2D eigenvalue weighted by molar-refractivity contribution is -0.129. The van der Waals surface area contributed by atoms with E-state index in [1.165, 1.54) is 6.92 Å². The summed E-state index contributed by atoms with van der Waals surface area (Å²) in [5.41, 5.74) is 1.08. The molecule has 2 rings (SSSR count). The Hall–Kier alpha value is -1.40. The predicted octanol–water partition coefficient (Wildman–Crippen LogP) is 2.27. The summed E-state index contributed by atoms with van der Waals surface area (Å²) in [5.74, 6) is 0.00114. The normalized spacial score (nSPS) is 15.5. The lowest BCUT2D eigenvalue weighted by Crippen LogP contribution is -2.38. The van der Waals surface area contributed by atoms with Gasteiger partial charge in [-0.1, -0.05) is 32.9 Å². The van der Waals surface area contributed by atoms with Crippen molar-refractivity contribution in [2.45, 2.75) is 56.9 Å². The van der Waals surface area contributed by atoms with Gasteiger partial charge in [0, 0.05) is 26.1 Å². The van der Waals surface area contributed by atoms with Crippen LogP contribution in [-0.4, -0.2) is 38.4 Å². The molecule has 0 saturated heterocycles. The SMILES string of the molecule is CC(=O)N(CCNS(=O)(=O)c1ccc(C(C)(C)C)cc1)C1CC1. The van der Waals surface area contributed by atoms with Gasteiger partial charge in [-0.3, -0.25) is 4.79 Å². The number of nitrogens with one attached hydrogen (secondary N) is 1. The molecule has 0 spiro atoms. The van der Waals surface area contributed by atoms with Gasteiger partial charge in [0.25, 0.3) is 0 Å². The van der Waals surface area contributed by atoms with Crippen LogP contribution in [-0.2, 0) is 20.2 Å². The van der Waals surface area contributed by atoms with Crippen LogP contribution >= 0.6 is 0 Å². The zero-order chi connectivity index (χ0) is 17.3. The molecule has 23 heavy (non-hydrogen) atoms. The number of carbonyl (C=O) groups excluding carboxylic acids is 1. The zero-order valence-electron chi connectivity index (χ0n) is 14.3. The van der Waals surface area contributed by atoms with E-state index < -0.39 is 10.0 Å². The van der Waals surface area contributed by atoms with Crippen molar-refractivity contribution in [3.63, 3.8) is 0 Å². The molecule has 0 aliphatic heterocycles. The van der Waals surface area contributed by atoms with Crippen molar-refractivity contribution in [1.29, 1.82) is 0 Å². The van der Waals surface area contributed by atoms with E-state index in [4.69, 9.17) is 0 Å². The van der Waals surface area contributed by atoms with Gasteiger partial charge in [0.2, 0.25) is 15.9 Å². The van der Waals surface area contributed by atoms with Crippen molar-refractivity contribution in [2.75, 3.05) is 13.1 Å². The molecule has 128 valence electrons. The standard InChI is InChI=1S/C17H26N2O3S/c1-13(20)19(15-7-8-15)12-11-18-23(21,22)16-9-5-14(6-10-16)17(2,3)4/h5-6,9-10,15,18H,7-8,11-12H2,1-4H3. The first kappa shape index (κ1) is 17.9. The molecule has 0 aromatic heterocycles. The molecular formula is C17H26N2O3S. The molecule has 6 heteroatoms. The molecule has 0 atom stereocenters. The van der Waals surface area contributed by atoms with Gasteiger partial charge < -0.3 is 4.90 Å². The summed E-state index contributed by atoms with van der Waals surface area (Å²) in [7, 11) is -3.54. The van der Waals surface area contributed by atoms with E-state index in [-0.39, 0.29) is 22.8 Å². The highest BCUT2D eigenvalue weighted by molar-refractivity contribution is 7.89. The minimum atomic E-state index is -3.54. The lowest BCUT2D eigenvalue weighted by atomic mass is 9.87. The molecule has 1 fully saturated rings. The van der Waals surface area contributed by atoms with E-state index in [9.17, 15) is 13.2 Å². The number of hydrogen-bond acceptors (Lipinski definition) is 3. The first-order valence-electron chi connectivity index (χ1n) is 7.99. The van der Waals surface area contributed by atoms with Gasteiger partial charge in [0.1, 0.15) is 0 Å². The van der Waals surface area contributed by atoms with E-state index in [2.05, 4.69) is 25.5 Å². The molecule has 0 unspecified atom stereocenters. The maximum atomic E-state index is 12.3. The van der Waals surface area contributed by atoms with E-state index in [1.54, 1.807) is 17.0 Å². The molecule has 5 nitrogen and oxygen atoms in total. The highest BCUT2D eigenvalue weighted by atomic mass is 32.2. The maximum absolute atomic E-state index is 12.3. The van der Waals surface area contributed by atoms with Crippen molar-refractivity contribution in [2.24, 2.45) is 0 Å². The van der Waals surface area contributed by atoms with Crippen molar-refractivity contribution in [3.8, 4) is 0 Å². The topological polar surface area (TPSA) is 66.5 Å². The summed E-state index contributed by atoms with van der Waals surface area (Å²) in [6.07, 6.45) is 2.03. The lowest BCUT2D eigenvalue weighted by Gasteiger charge is -2.21. The molecule has 0 heterocycles. The monoisotopic (exact) mass is 338 g/mol. The summed E-state index contributed by atoms with van der Waals surface area (Å²) in [6, 6.07) is 7.25. The highest BCUT2D eigenvalue weighted by Gasteiger charge is 2.30. The molecule has 1 aliphatic rings.